The molecule has 0 N–H and O–H groups in total. The van der Waals surface area contributed by atoms with Gasteiger partial charge in [0, 0.05) is 25.2 Å². The van der Waals surface area contributed by atoms with Gasteiger partial charge in [-0.3, -0.25) is 19.6 Å². The minimum absolute atomic E-state index is 0.196. The lowest BCUT2D eigenvalue weighted by Crippen LogP contribution is -2.78. The van der Waals surface area contributed by atoms with E-state index in [4.69, 9.17) is 0 Å². The van der Waals surface area contributed by atoms with Crippen LogP contribution in [-0.2, 0) is 0 Å². The zero-order valence-corrected chi connectivity index (χ0v) is 15.0. The third-order valence-electron chi connectivity index (χ3n) is 4.96. The van der Waals surface area contributed by atoms with Crippen molar-refractivity contribution in [3.05, 3.63) is 0 Å². The van der Waals surface area contributed by atoms with Crippen molar-refractivity contribution < 1.29 is 0 Å². The smallest absolute Gasteiger partial charge is 0.190 e. The summed E-state index contributed by atoms with van der Waals surface area (Å²) in [6.07, 6.45) is 0. The summed E-state index contributed by atoms with van der Waals surface area (Å²) in [5.41, 5.74) is 0. The molecular formula is C15H35N5. The number of hydrogen-bond acceptors (Lipinski definition) is 5. The van der Waals surface area contributed by atoms with Crippen LogP contribution in [0.4, 0.5) is 0 Å². The van der Waals surface area contributed by atoms with Gasteiger partial charge in [-0.1, -0.05) is 6.92 Å². The van der Waals surface area contributed by atoms with Crippen LogP contribution in [0.1, 0.15) is 20.8 Å². The highest BCUT2D eigenvalue weighted by atomic mass is 15.7. The SMILES string of the molecule is CCN1CC(C)N(C)C(N(C)C)(N(C)C)N(C)C(C)C1. The first-order chi connectivity index (χ1) is 9.19. The van der Waals surface area contributed by atoms with Crippen LogP contribution in [0, 0.1) is 0 Å². The molecule has 2 atom stereocenters. The van der Waals surface area contributed by atoms with Crippen LogP contribution >= 0.6 is 0 Å². The van der Waals surface area contributed by atoms with Gasteiger partial charge in [-0.25, -0.2) is 0 Å². The van der Waals surface area contributed by atoms with Crippen molar-refractivity contribution in [2.45, 2.75) is 38.8 Å². The van der Waals surface area contributed by atoms with Crippen molar-refractivity contribution >= 4 is 0 Å². The molecule has 5 heteroatoms. The van der Waals surface area contributed by atoms with E-state index in [1.165, 1.54) is 0 Å². The molecule has 0 aliphatic carbocycles. The maximum atomic E-state index is 2.55. The second-order valence-corrected chi connectivity index (χ2v) is 6.66. The van der Waals surface area contributed by atoms with Crippen LogP contribution in [0.15, 0.2) is 0 Å². The van der Waals surface area contributed by atoms with Crippen molar-refractivity contribution in [3.63, 3.8) is 0 Å². The summed E-state index contributed by atoms with van der Waals surface area (Å²) in [6.45, 7) is 10.3. The molecule has 2 unspecified atom stereocenters. The molecule has 0 aromatic rings. The highest BCUT2D eigenvalue weighted by Crippen LogP contribution is 2.29. The molecule has 0 amide bonds. The molecule has 0 saturated carbocycles. The second-order valence-electron chi connectivity index (χ2n) is 6.66. The average Bonchev–Trinajstić information content (AvgIpc) is 2.35. The molecule has 5 nitrogen and oxygen atoms in total. The van der Waals surface area contributed by atoms with E-state index in [0.717, 1.165) is 19.6 Å². The molecule has 1 saturated heterocycles. The van der Waals surface area contributed by atoms with Crippen LogP contribution in [-0.4, -0.2) is 104 Å². The Hall–Kier alpha value is -0.200. The summed E-state index contributed by atoms with van der Waals surface area (Å²) in [7, 11) is 13.2. The molecule has 0 radical (unpaired) electrons. The minimum atomic E-state index is -0.196. The minimum Gasteiger partial charge on any atom is -0.301 e. The van der Waals surface area contributed by atoms with E-state index < -0.39 is 0 Å². The van der Waals surface area contributed by atoms with E-state index >= 15 is 0 Å². The van der Waals surface area contributed by atoms with Crippen molar-refractivity contribution in [3.8, 4) is 0 Å². The summed E-state index contributed by atoms with van der Waals surface area (Å²) in [5, 5.41) is 0. The second kappa shape index (κ2) is 6.71. The Kier molecular flexibility index (Phi) is 5.99. The standard InChI is InChI=1S/C15H35N5/c1-10-20-11-13(2)18(8)15(16(4)5,17(6)7)19(9)14(3)12-20/h13-14H,10-12H2,1-9H3. The van der Waals surface area contributed by atoms with E-state index in [1.54, 1.807) is 0 Å². The predicted molar refractivity (Wildman–Crippen MR) is 86.7 cm³/mol. The van der Waals surface area contributed by atoms with Gasteiger partial charge in [0.15, 0.2) is 5.91 Å². The average molecular weight is 285 g/mol. The van der Waals surface area contributed by atoms with Crippen molar-refractivity contribution in [1.29, 1.82) is 0 Å². The van der Waals surface area contributed by atoms with Crippen LogP contribution < -0.4 is 0 Å². The van der Waals surface area contributed by atoms with Gasteiger partial charge in [-0.15, -0.1) is 0 Å². The molecule has 1 aliphatic rings. The van der Waals surface area contributed by atoms with E-state index in [1.807, 2.05) is 0 Å². The Morgan fingerprint density at radius 3 is 1.50 bits per heavy atom. The van der Waals surface area contributed by atoms with Gasteiger partial charge in [0.25, 0.3) is 0 Å². The number of hydrogen-bond donors (Lipinski definition) is 0. The van der Waals surface area contributed by atoms with Crippen molar-refractivity contribution in [1.82, 2.24) is 24.5 Å². The molecule has 0 bridgehead atoms. The Morgan fingerprint density at radius 1 is 0.900 bits per heavy atom. The summed E-state index contributed by atoms with van der Waals surface area (Å²) >= 11 is 0. The summed E-state index contributed by atoms with van der Waals surface area (Å²) in [4.78, 5) is 12.2. The predicted octanol–water partition coefficient (Wildman–Crippen LogP) is 0.697. The van der Waals surface area contributed by atoms with Gasteiger partial charge in [0.1, 0.15) is 0 Å². The number of rotatable bonds is 3. The number of nitrogens with zero attached hydrogens (tertiary/aromatic N) is 5. The first-order valence-corrected chi connectivity index (χ1v) is 7.72. The first-order valence-electron chi connectivity index (χ1n) is 7.72. The molecule has 1 aliphatic heterocycles. The fourth-order valence-corrected chi connectivity index (χ4v) is 3.83. The Labute approximate surface area is 126 Å². The molecule has 0 aromatic heterocycles. The quantitative estimate of drug-likeness (QED) is 0.708. The third kappa shape index (κ3) is 2.88. The van der Waals surface area contributed by atoms with Gasteiger partial charge in [0.05, 0.1) is 0 Å². The highest BCUT2D eigenvalue weighted by molar-refractivity contribution is 4.92. The van der Waals surface area contributed by atoms with Crippen LogP contribution in [0.5, 0.6) is 0 Å². The summed E-state index contributed by atoms with van der Waals surface area (Å²) in [5.74, 6) is -0.196. The van der Waals surface area contributed by atoms with Crippen LogP contribution in [0.2, 0.25) is 0 Å². The Balaban J connectivity index is 3.26. The Bertz CT molecular complexity index is 277. The molecule has 0 spiro atoms. The zero-order valence-electron chi connectivity index (χ0n) is 15.0. The maximum absolute atomic E-state index is 2.55. The van der Waals surface area contributed by atoms with E-state index in [0.29, 0.717) is 12.1 Å². The molecule has 120 valence electrons. The first kappa shape index (κ1) is 17.9. The van der Waals surface area contributed by atoms with E-state index in [2.05, 4.69) is 87.6 Å². The monoisotopic (exact) mass is 285 g/mol. The molecule has 1 fully saturated rings. The third-order valence-corrected chi connectivity index (χ3v) is 4.96. The van der Waals surface area contributed by atoms with E-state index in [9.17, 15) is 0 Å². The molecule has 20 heavy (non-hydrogen) atoms. The van der Waals surface area contributed by atoms with Gasteiger partial charge in [0.2, 0.25) is 0 Å². The van der Waals surface area contributed by atoms with E-state index in [-0.39, 0.29) is 5.91 Å². The molecule has 1 heterocycles. The fourth-order valence-electron chi connectivity index (χ4n) is 3.83. The van der Waals surface area contributed by atoms with Crippen molar-refractivity contribution in [2.24, 2.45) is 0 Å². The lowest BCUT2D eigenvalue weighted by molar-refractivity contribution is -0.247. The largest absolute Gasteiger partial charge is 0.301 e. The van der Waals surface area contributed by atoms with Gasteiger partial charge >= 0.3 is 0 Å². The lowest BCUT2D eigenvalue weighted by atomic mass is 10.1. The van der Waals surface area contributed by atoms with Crippen molar-refractivity contribution in [2.75, 3.05) is 61.9 Å². The highest BCUT2D eigenvalue weighted by Gasteiger charge is 2.48. The summed E-state index contributed by atoms with van der Waals surface area (Å²) in [6, 6.07) is 0.990. The fraction of sp³-hybridized carbons (Fsp3) is 1.00. The molecule has 0 aromatic carbocycles. The lowest BCUT2D eigenvalue weighted by Gasteiger charge is -2.60. The maximum Gasteiger partial charge on any atom is 0.190 e. The van der Waals surface area contributed by atoms with Gasteiger partial charge < -0.3 is 4.90 Å². The van der Waals surface area contributed by atoms with Gasteiger partial charge in [-0.2, -0.15) is 0 Å². The normalized spacial score (nSPS) is 30.8. The topological polar surface area (TPSA) is 16.2 Å². The molecule has 1 rings (SSSR count). The number of likely N-dealkylation sites (N-methyl/N-ethyl adjacent to an activating group) is 3. The molecular weight excluding hydrogens is 250 g/mol. The van der Waals surface area contributed by atoms with Crippen LogP contribution in [0.25, 0.3) is 0 Å². The van der Waals surface area contributed by atoms with Gasteiger partial charge in [-0.05, 0) is 62.7 Å². The van der Waals surface area contributed by atoms with Crippen LogP contribution in [0.3, 0.4) is 0 Å². The summed E-state index contributed by atoms with van der Waals surface area (Å²) < 4.78 is 0. The Morgan fingerprint density at radius 2 is 1.25 bits per heavy atom. The zero-order chi connectivity index (χ0) is 15.7.